The SMILES string of the molecule is COc1ccc(C)cc1NC(=O)[C@H](C)OC(=O)Cn1nc(C)c([N+](=O)[O-])c1C. The molecule has 0 aliphatic heterocycles. The molecule has 2 aromatic rings. The highest BCUT2D eigenvalue weighted by molar-refractivity contribution is 5.96. The van der Waals surface area contributed by atoms with Gasteiger partial charge in [-0.2, -0.15) is 5.10 Å². The number of hydrogen-bond donors (Lipinski definition) is 1. The molecule has 0 fully saturated rings. The van der Waals surface area contributed by atoms with Gasteiger partial charge in [-0.1, -0.05) is 6.07 Å². The van der Waals surface area contributed by atoms with Gasteiger partial charge in [0.05, 0.1) is 17.7 Å². The minimum atomic E-state index is -1.08. The Kier molecular flexibility index (Phi) is 6.34. The second kappa shape index (κ2) is 8.51. The van der Waals surface area contributed by atoms with Gasteiger partial charge < -0.3 is 14.8 Å². The first kappa shape index (κ1) is 20.9. The third kappa shape index (κ3) is 4.64. The van der Waals surface area contributed by atoms with E-state index in [0.717, 1.165) is 5.56 Å². The van der Waals surface area contributed by atoms with Crippen LogP contribution in [-0.2, 0) is 20.9 Å². The maximum absolute atomic E-state index is 12.3. The number of anilines is 1. The Balaban J connectivity index is 2.03. The van der Waals surface area contributed by atoms with E-state index in [1.807, 2.05) is 13.0 Å². The van der Waals surface area contributed by atoms with Gasteiger partial charge in [0, 0.05) is 0 Å². The molecule has 2 rings (SSSR count). The third-order valence-electron chi connectivity index (χ3n) is 4.10. The molecule has 10 nitrogen and oxygen atoms in total. The molecule has 0 spiro atoms. The largest absolute Gasteiger partial charge is 0.495 e. The van der Waals surface area contributed by atoms with Crippen molar-refractivity contribution in [2.24, 2.45) is 0 Å². The van der Waals surface area contributed by atoms with Crippen LogP contribution in [0, 0.1) is 30.9 Å². The average Bonchev–Trinajstić information content (AvgIpc) is 2.88. The molecule has 10 heteroatoms. The number of aryl methyl sites for hydroxylation is 2. The van der Waals surface area contributed by atoms with Crippen molar-refractivity contribution in [3.63, 3.8) is 0 Å². The van der Waals surface area contributed by atoms with Crippen molar-refractivity contribution in [1.82, 2.24) is 9.78 Å². The summed E-state index contributed by atoms with van der Waals surface area (Å²) in [6.07, 6.45) is -1.08. The Morgan fingerprint density at radius 1 is 1.32 bits per heavy atom. The van der Waals surface area contributed by atoms with Crippen molar-refractivity contribution >= 4 is 23.3 Å². The van der Waals surface area contributed by atoms with Gasteiger partial charge in [0.15, 0.2) is 6.10 Å². The number of nitrogens with one attached hydrogen (secondary N) is 1. The summed E-state index contributed by atoms with van der Waals surface area (Å²) in [6.45, 7) is 5.93. The minimum Gasteiger partial charge on any atom is -0.495 e. The highest BCUT2D eigenvalue weighted by Gasteiger charge is 2.25. The van der Waals surface area contributed by atoms with E-state index in [1.54, 1.807) is 12.1 Å². The minimum absolute atomic E-state index is 0.148. The third-order valence-corrected chi connectivity index (χ3v) is 4.10. The van der Waals surface area contributed by atoms with Crippen molar-refractivity contribution < 1.29 is 24.0 Å². The number of methoxy groups -OCH3 is 1. The van der Waals surface area contributed by atoms with E-state index < -0.39 is 22.9 Å². The number of aromatic nitrogens is 2. The maximum Gasteiger partial charge on any atom is 0.328 e. The first-order valence-corrected chi connectivity index (χ1v) is 8.47. The van der Waals surface area contributed by atoms with Gasteiger partial charge >= 0.3 is 11.7 Å². The molecule has 0 saturated heterocycles. The molecular formula is C18H22N4O6. The summed E-state index contributed by atoms with van der Waals surface area (Å²) < 4.78 is 11.5. The number of benzene rings is 1. The van der Waals surface area contributed by atoms with Gasteiger partial charge in [-0.25, -0.2) is 0 Å². The fourth-order valence-corrected chi connectivity index (χ4v) is 2.67. The molecular weight excluding hydrogens is 368 g/mol. The second-order valence-electron chi connectivity index (χ2n) is 6.26. The van der Waals surface area contributed by atoms with Gasteiger partial charge in [0.25, 0.3) is 5.91 Å². The maximum atomic E-state index is 12.3. The van der Waals surface area contributed by atoms with Crippen LogP contribution in [0.25, 0.3) is 0 Å². The van der Waals surface area contributed by atoms with Crippen molar-refractivity contribution in [2.75, 3.05) is 12.4 Å². The molecule has 0 bridgehead atoms. The monoisotopic (exact) mass is 390 g/mol. The molecule has 1 N–H and O–H groups in total. The molecule has 1 aromatic carbocycles. The van der Waals surface area contributed by atoms with Crippen LogP contribution in [0.3, 0.4) is 0 Å². The number of carbonyl (C=O) groups excluding carboxylic acids is 2. The number of nitrogens with zero attached hydrogens (tertiary/aromatic N) is 3. The number of amides is 1. The van der Waals surface area contributed by atoms with Crippen molar-refractivity contribution in [2.45, 2.75) is 40.3 Å². The van der Waals surface area contributed by atoms with Crippen molar-refractivity contribution in [1.29, 1.82) is 0 Å². The number of esters is 1. The van der Waals surface area contributed by atoms with E-state index in [1.165, 1.54) is 32.6 Å². The second-order valence-corrected chi connectivity index (χ2v) is 6.26. The van der Waals surface area contributed by atoms with Gasteiger partial charge in [-0.05, 0) is 45.4 Å². The molecule has 1 heterocycles. The van der Waals surface area contributed by atoms with E-state index in [0.29, 0.717) is 11.4 Å². The Hall–Kier alpha value is -3.43. The highest BCUT2D eigenvalue weighted by atomic mass is 16.6. The van der Waals surface area contributed by atoms with E-state index in [2.05, 4.69) is 10.4 Å². The molecule has 0 saturated carbocycles. The summed E-state index contributed by atoms with van der Waals surface area (Å²) in [4.78, 5) is 35.0. The Morgan fingerprint density at radius 2 is 2.00 bits per heavy atom. The predicted molar refractivity (Wildman–Crippen MR) is 100 cm³/mol. The summed E-state index contributed by atoms with van der Waals surface area (Å²) >= 11 is 0. The van der Waals surface area contributed by atoms with Crippen LogP contribution in [0.15, 0.2) is 18.2 Å². The van der Waals surface area contributed by atoms with Crippen LogP contribution in [-0.4, -0.2) is 39.8 Å². The topological polar surface area (TPSA) is 126 Å². The first-order valence-electron chi connectivity index (χ1n) is 8.47. The lowest BCUT2D eigenvalue weighted by Crippen LogP contribution is -2.31. The average molecular weight is 390 g/mol. The zero-order valence-electron chi connectivity index (χ0n) is 16.3. The molecule has 0 unspecified atom stereocenters. The molecule has 28 heavy (non-hydrogen) atoms. The number of carbonyl (C=O) groups is 2. The summed E-state index contributed by atoms with van der Waals surface area (Å²) in [5.41, 5.74) is 1.68. The fraction of sp³-hybridized carbons (Fsp3) is 0.389. The summed E-state index contributed by atoms with van der Waals surface area (Å²) in [7, 11) is 1.48. The molecule has 150 valence electrons. The van der Waals surface area contributed by atoms with Gasteiger partial charge in [0.1, 0.15) is 23.7 Å². The Labute approximate surface area is 161 Å². The first-order chi connectivity index (χ1) is 13.1. The van der Waals surface area contributed by atoms with E-state index in [4.69, 9.17) is 9.47 Å². The lowest BCUT2D eigenvalue weighted by molar-refractivity contribution is -0.386. The van der Waals surface area contributed by atoms with Crippen LogP contribution >= 0.6 is 0 Å². The molecule has 1 atom stereocenters. The molecule has 1 aromatic heterocycles. The fourth-order valence-electron chi connectivity index (χ4n) is 2.67. The van der Waals surface area contributed by atoms with Crippen LogP contribution in [0.1, 0.15) is 23.9 Å². The summed E-state index contributed by atoms with van der Waals surface area (Å²) in [6, 6.07) is 5.29. The smallest absolute Gasteiger partial charge is 0.328 e. The number of hydrogen-bond acceptors (Lipinski definition) is 7. The van der Waals surface area contributed by atoms with Gasteiger partial charge in [0.2, 0.25) is 0 Å². The summed E-state index contributed by atoms with van der Waals surface area (Å²) in [5, 5.41) is 17.7. The van der Waals surface area contributed by atoms with E-state index in [-0.39, 0.29) is 23.6 Å². The van der Waals surface area contributed by atoms with E-state index >= 15 is 0 Å². The Bertz CT molecular complexity index is 921. The Morgan fingerprint density at radius 3 is 2.57 bits per heavy atom. The van der Waals surface area contributed by atoms with Gasteiger partial charge in [-0.15, -0.1) is 0 Å². The molecule has 0 aliphatic rings. The predicted octanol–water partition coefficient (Wildman–Crippen LogP) is 2.30. The van der Waals surface area contributed by atoms with Crippen LogP contribution in [0.5, 0.6) is 5.75 Å². The van der Waals surface area contributed by atoms with E-state index in [9.17, 15) is 19.7 Å². The normalized spacial score (nSPS) is 11.6. The number of nitro groups is 1. The van der Waals surface area contributed by atoms with Crippen LogP contribution in [0.2, 0.25) is 0 Å². The van der Waals surface area contributed by atoms with Crippen LogP contribution < -0.4 is 10.1 Å². The summed E-state index contributed by atoms with van der Waals surface area (Å²) in [5.74, 6) is -0.789. The lowest BCUT2D eigenvalue weighted by Gasteiger charge is -2.15. The van der Waals surface area contributed by atoms with Gasteiger partial charge in [-0.3, -0.25) is 24.4 Å². The zero-order valence-corrected chi connectivity index (χ0v) is 16.3. The standard InChI is InChI=1S/C18H22N4O6/c1-10-6-7-15(27-5)14(8-10)19-18(24)13(4)28-16(23)9-21-12(3)17(22(25)26)11(2)20-21/h6-8,13H,9H2,1-5H3,(H,19,24)/t13-/m0/s1. The van der Waals surface area contributed by atoms with Crippen molar-refractivity contribution in [3.8, 4) is 5.75 Å². The molecule has 0 radical (unpaired) electrons. The zero-order chi connectivity index (χ0) is 21.0. The number of rotatable bonds is 7. The molecule has 1 amide bonds. The van der Waals surface area contributed by atoms with Crippen LogP contribution in [0.4, 0.5) is 11.4 Å². The quantitative estimate of drug-likeness (QED) is 0.437. The lowest BCUT2D eigenvalue weighted by atomic mass is 10.2. The number of ether oxygens (including phenoxy) is 2. The highest BCUT2D eigenvalue weighted by Crippen LogP contribution is 2.25. The molecule has 0 aliphatic carbocycles. The van der Waals surface area contributed by atoms with Crippen molar-refractivity contribution in [3.05, 3.63) is 45.3 Å².